The fourth-order valence-electron chi connectivity index (χ4n) is 0.989. The van der Waals surface area contributed by atoms with Crippen molar-refractivity contribution in [2.45, 2.75) is 19.4 Å². The standard InChI is InChI=1S/C6H11NO2/c1-4(7)5-2-3-9-6(5)8/h4-5H,2-3,7H2,1H3/t4-,5+/m1/s1. The Morgan fingerprint density at radius 1 is 1.89 bits per heavy atom. The van der Waals surface area contributed by atoms with Crippen LogP contribution in [0.15, 0.2) is 0 Å². The number of esters is 1. The van der Waals surface area contributed by atoms with Crippen molar-refractivity contribution in [3.8, 4) is 0 Å². The van der Waals surface area contributed by atoms with Crippen LogP contribution in [0.3, 0.4) is 0 Å². The van der Waals surface area contributed by atoms with E-state index in [1.807, 2.05) is 6.92 Å². The number of carbonyl (C=O) groups is 1. The Kier molecular flexibility index (Phi) is 1.71. The van der Waals surface area contributed by atoms with E-state index in [1.54, 1.807) is 0 Å². The molecule has 1 saturated heterocycles. The molecule has 2 atom stereocenters. The van der Waals surface area contributed by atoms with Crippen LogP contribution in [0.4, 0.5) is 0 Å². The van der Waals surface area contributed by atoms with Crippen molar-refractivity contribution in [3.05, 3.63) is 0 Å². The lowest BCUT2D eigenvalue weighted by Gasteiger charge is -2.07. The van der Waals surface area contributed by atoms with Gasteiger partial charge in [0.25, 0.3) is 0 Å². The minimum atomic E-state index is -0.134. The predicted octanol–water partition coefficient (Wildman–Crippen LogP) is -0.103. The van der Waals surface area contributed by atoms with Gasteiger partial charge in [-0.25, -0.2) is 0 Å². The highest BCUT2D eigenvalue weighted by Crippen LogP contribution is 2.16. The second kappa shape index (κ2) is 2.35. The lowest BCUT2D eigenvalue weighted by molar-refractivity contribution is -0.141. The van der Waals surface area contributed by atoms with E-state index in [0.29, 0.717) is 6.61 Å². The van der Waals surface area contributed by atoms with Gasteiger partial charge in [-0.1, -0.05) is 0 Å². The number of carbonyl (C=O) groups excluding carboxylic acids is 1. The van der Waals surface area contributed by atoms with Gasteiger partial charge in [0.2, 0.25) is 0 Å². The first-order chi connectivity index (χ1) is 4.22. The minimum absolute atomic E-state index is 0.0509. The summed E-state index contributed by atoms with van der Waals surface area (Å²) >= 11 is 0. The molecule has 0 aromatic heterocycles. The van der Waals surface area contributed by atoms with Gasteiger partial charge >= 0.3 is 5.97 Å². The van der Waals surface area contributed by atoms with Gasteiger partial charge in [0, 0.05) is 6.04 Å². The maximum atomic E-state index is 10.7. The molecular formula is C6H11NO2. The molecule has 0 amide bonds. The topological polar surface area (TPSA) is 52.3 Å². The molecule has 3 heteroatoms. The molecule has 9 heavy (non-hydrogen) atoms. The van der Waals surface area contributed by atoms with E-state index in [0.717, 1.165) is 6.42 Å². The summed E-state index contributed by atoms with van der Waals surface area (Å²) in [6.07, 6.45) is 0.788. The molecule has 0 spiro atoms. The molecule has 0 aliphatic carbocycles. The molecule has 1 fully saturated rings. The number of hydrogen-bond donors (Lipinski definition) is 1. The van der Waals surface area contributed by atoms with Crippen molar-refractivity contribution in [2.75, 3.05) is 6.61 Å². The molecule has 0 bridgehead atoms. The SMILES string of the molecule is C[C@@H](N)[C@@H]1CCOC1=O. The van der Waals surface area contributed by atoms with Crippen LogP contribution in [-0.2, 0) is 9.53 Å². The molecule has 0 aromatic rings. The van der Waals surface area contributed by atoms with Crippen molar-refractivity contribution in [1.82, 2.24) is 0 Å². The summed E-state index contributed by atoms with van der Waals surface area (Å²) in [7, 11) is 0. The molecule has 52 valence electrons. The minimum Gasteiger partial charge on any atom is -0.465 e. The Labute approximate surface area is 54.2 Å². The van der Waals surface area contributed by atoms with E-state index in [9.17, 15) is 4.79 Å². The van der Waals surface area contributed by atoms with Crippen molar-refractivity contribution in [3.63, 3.8) is 0 Å². The zero-order valence-electron chi connectivity index (χ0n) is 5.46. The van der Waals surface area contributed by atoms with Crippen LogP contribution < -0.4 is 5.73 Å². The smallest absolute Gasteiger partial charge is 0.310 e. The fraction of sp³-hybridized carbons (Fsp3) is 0.833. The average molecular weight is 129 g/mol. The van der Waals surface area contributed by atoms with Gasteiger partial charge in [-0.05, 0) is 13.3 Å². The molecule has 0 aromatic carbocycles. The highest BCUT2D eigenvalue weighted by molar-refractivity contribution is 5.74. The predicted molar refractivity (Wildman–Crippen MR) is 32.7 cm³/mol. The van der Waals surface area contributed by atoms with Gasteiger partial charge in [0.05, 0.1) is 12.5 Å². The van der Waals surface area contributed by atoms with E-state index in [2.05, 4.69) is 0 Å². The van der Waals surface area contributed by atoms with Crippen LogP contribution in [0.5, 0.6) is 0 Å². The monoisotopic (exact) mass is 129 g/mol. The number of nitrogens with two attached hydrogens (primary N) is 1. The second-order valence-electron chi connectivity index (χ2n) is 2.42. The second-order valence-corrected chi connectivity index (χ2v) is 2.42. The summed E-state index contributed by atoms with van der Waals surface area (Å²) in [6, 6.07) is -0.0556. The average Bonchev–Trinajstić information content (AvgIpc) is 2.13. The fourth-order valence-corrected chi connectivity index (χ4v) is 0.989. The summed E-state index contributed by atoms with van der Waals surface area (Å²) in [6.45, 7) is 2.38. The third-order valence-electron chi connectivity index (χ3n) is 1.61. The van der Waals surface area contributed by atoms with Gasteiger partial charge in [-0.3, -0.25) is 4.79 Å². The van der Waals surface area contributed by atoms with Gasteiger partial charge in [0.1, 0.15) is 0 Å². The van der Waals surface area contributed by atoms with Gasteiger partial charge in [0.15, 0.2) is 0 Å². The molecule has 1 rings (SSSR count). The highest BCUT2D eigenvalue weighted by Gasteiger charge is 2.29. The maximum absolute atomic E-state index is 10.7. The van der Waals surface area contributed by atoms with E-state index in [4.69, 9.17) is 10.5 Å². The molecule has 0 unspecified atom stereocenters. The van der Waals surface area contributed by atoms with Crippen LogP contribution in [0.25, 0.3) is 0 Å². The lowest BCUT2D eigenvalue weighted by Crippen LogP contribution is -2.29. The summed E-state index contributed by atoms with van der Waals surface area (Å²) in [5.74, 6) is -0.185. The van der Waals surface area contributed by atoms with Crippen LogP contribution >= 0.6 is 0 Å². The van der Waals surface area contributed by atoms with E-state index >= 15 is 0 Å². The third kappa shape index (κ3) is 1.21. The van der Waals surface area contributed by atoms with E-state index in [-0.39, 0.29) is 17.9 Å². The van der Waals surface area contributed by atoms with Gasteiger partial charge in [-0.2, -0.15) is 0 Å². The Hall–Kier alpha value is -0.570. The zero-order chi connectivity index (χ0) is 6.85. The molecular weight excluding hydrogens is 118 g/mol. The molecule has 2 N–H and O–H groups in total. The summed E-state index contributed by atoms with van der Waals surface area (Å²) < 4.78 is 4.71. The Morgan fingerprint density at radius 3 is 2.78 bits per heavy atom. The first kappa shape index (κ1) is 6.55. The highest BCUT2D eigenvalue weighted by atomic mass is 16.5. The first-order valence-corrected chi connectivity index (χ1v) is 3.14. The molecule has 1 heterocycles. The Bertz CT molecular complexity index is 122. The van der Waals surface area contributed by atoms with Crippen LogP contribution in [-0.4, -0.2) is 18.6 Å². The Morgan fingerprint density at radius 2 is 2.56 bits per heavy atom. The van der Waals surface area contributed by atoms with Crippen molar-refractivity contribution >= 4 is 5.97 Å². The maximum Gasteiger partial charge on any atom is 0.310 e. The van der Waals surface area contributed by atoms with Crippen LogP contribution in [0.1, 0.15) is 13.3 Å². The van der Waals surface area contributed by atoms with Crippen molar-refractivity contribution in [2.24, 2.45) is 11.7 Å². The third-order valence-corrected chi connectivity index (χ3v) is 1.61. The van der Waals surface area contributed by atoms with Gasteiger partial charge < -0.3 is 10.5 Å². The number of ether oxygens (including phenoxy) is 1. The quantitative estimate of drug-likeness (QED) is 0.503. The summed E-state index contributed by atoms with van der Waals surface area (Å²) in [5, 5.41) is 0. The van der Waals surface area contributed by atoms with E-state index < -0.39 is 0 Å². The molecule has 1 aliphatic rings. The molecule has 0 radical (unpaired) electrons. The largest absolute Gasteiger partial charge is 0.465 e. The molecule has 0 saturated carbocycles. The molecule has 1 aliphatic heterocycles. The first-order valence-electron chi connectivity index (χ1n) is 3.14. The Balaban J connectivity index is 2.49. The number of rotatable bonds is 1. The zero-order valence-corrected chi connectivity index (χ0v) is 5.46. The lowest BCUT2D eigenvalue weighted by atomic mass is 10.0. The number of hydrogen-bond acceptors (Lipinski definition) is 3. The van der Waals surface area contributed by atoms with Crippen molar-refractivity contribution < 1.29 is 9.53 Å². The van der Waals surface area contributed by atoms with Crippen LogP contribution in [0.2, 0.25) is 0 Å². The summed E-state index contributed by atoms with van der Waals surface area (Å²) in [4.78, 5) is 10.7. The molecule has 3 nitrogen and oxygen atoms in total. The van der Waals surface area contributed by atoms with Crippen LogP contribution in [0, 0.1) is 5.92 Å². The van der Waals surface area contributed by atoms with Crippen molar-refractivity contribution in [1.29, 1.82) is 0 Å². The normalized spacial score (nSPS) is 30.0. The van der Waals surface area contributed by atoms with Gasteiger partial charge in [-0.15, -0.1) is 0 Å². The van der Waals surface area contributed by atoms with E-state index in [1.165, 1.54) is 0 Å². The summed E-state index contributed by atoms with van der Waals surface area (Å²) in [5.41, 5.74) is 5.49. The number of cyclic esters (lactones) is 1.